The average molecular weight is 305 g/mol. The Balaban J connectivity index is 1.84. The molecule has 4 nitrogen and oxygen atoms in total. The van der Waals surface area contributed by atoms with E-state index in [-0.39, 0.29) is 17.0 Å². The van der Waals surface area contributed by atoms with Crippen LogP contribution in [-0.4, -0.2) is 21.1 Å². The average Bonchev–Trinajstić information content (AvgIpc) is 2.48. The quantitative estimate of drug-likeness (QED) is 0.681. The Morgan fingerprint density at radius 2 is 1.90 bits per heavy atom. The van der Waals surface area contributed by atoms with Gasteiger partial charge in [-0.2, -0.15) is 0 Å². The first-order valence-electron chi connectivity index (χ1n) is 6.52. The molecule has 0 spiro atoms. The molecule has 0 aliphatic heterocycles. The van der Waals surface area contributed by atoms with Crippen LogP contribution in [0.2, 0.25) is 0 Å². The number of halogens is 1. The van der Waals surface area contributed by atoms with Gasteiger partial charge >= 0.3 is 0 Å². The van der Waals surface area contributed by atoms with Crippen LogP contribution in [0.25, 0.3) is 0 Å². The van der Waals surface area contributed by atoms with Crippen molar-refractivity contribution >= 4 is 17.7 Å². The van der Waals surface area contributed by atoms with Gasteiger partial charge in [0.1, 0.15) is 5.82 Å². The molecule has 1 N–H and O–H groups in total. The van der Waals surface area contributed by atoms with E-state index in [1.807, 2.05) is 6.92 Å². The molecule has 2 rings (SSSR count). The Morgan fingerprint density at radius 3 is 2.52 bits per heavy atom. The zero-order valence-electron chi connectivity index (χ0n) is 11.8. The van der Waals surface area contributed by atoms with E-state index in [0.29, 0.717) is 11.7 Å². The minimum absolute atomic E-state index is 0.103. The molecular weight excluding hydrogens is 289 g/mol. The van der Waals surface area contributed by atoms with Gasteiger partial charge in [-0.15, -0.1) is 0 Å². The lowest BCUT2D eigenvalue weighted by atomic mass is 10.2. The summed E-state index contributed by atoms with van der Waals surface area (Å²) < 4.78 is 12.8. The fraction of sp³-hybridized carbons (Fsp3) is 0.267. The molecule has 0 radical (unpaired) electrons. The van der Waals surface area contributed by atoms with Crippen LogP contribution in [0.1, 0.15) is 18.1 Å². The van der Waals surface area contributed by atoms with E-state index in [4.69, 9.17) is 0 Å². The summed E-state index contributed by atoms with van der Waals surface area (Å²) in [6.45, 7) is 4.08. The van der Waals surface area contributed by atoms with Crippen molar-refractivity contribution in [2.75, 3.05) is 0 Å². The first-order chi connectivity index (χ1) is 10.0. The fourth-order valence-electron chi connectivity index (χ4n) is 1.59. The summed E-state index contributed by atoms with van der Waals surface area (Å²) >= 11 is 1.30. The van der Waals surface area contributed by atoms with Gasteiger partial charge in [0.05, 0.1) is 5.25 Å². The Morgan fingerprint density at radius 1 is 1.29 bits per heavy atom. The number of thioether (sulfide) groups is 1. The first-order valence-corrected chi connectivity index (χ1v) is 7.40. The van der Waals surface area contributed by atoms with Crippen LogP contribution in [0.15, 0.2) is 41.8 Å². The lowest BCUT2D eigenvalue weighted by molar-refractivity contribution is -0.120. The van der Waals surface area contributed by atoms with Gasteiger partial charge in [0.15, 0.2) is 5.16 Å². The highest BCUT2D eigenvalue weighted by molar-refractivity contribution is 8.00. The van der Waals surface area contributed by atoms with Gasteiger partial charge < -0.3 is 5.32 Å². The monoisotopic (exact) mass is 305 g/mol. The summed E-state index contributed by atoms with van der Waals surface area (Å²) in [5.74, 6) is -0.390. The van der Waals surface area contributed by atoms with Crippen molar-refractivity contribution in [3.63, 3.8) is 0 Å². The molecule has 1 atom stereocenters. The van der Waals surface area contributed by atoms with Crippen LogP contribution < -0.4 is 5.32 Å². The molecule has 0 aliphatic rings. The number of aromatic nitrogens is 2. The van der Waals surface area contributed by atoms with Gasteiger partial charge in [-0.3, -0.25) is 4.79 Å². The molecule has 0 saturated carbocycles. The van der Waals surface area contributed by atoms with Crippen molar-refractivity contribution in [2.45, 2.75) is 30.8 Å². The number of carbonyl (C=O) groups is 1. The molecule has 0 fully saturated rings. The summed E-state index contributed by atoms with van der Waals surface area (Å²) in [4.78, 5) is 20.3. The highest BCUT2D eigenvalue weighted by Crippen LogP contribution is 2.18. The van der Waals surface area contributed by atoms with E-state index in [1.54, 1.807) is 31.5 Å². The zero-order valence-corrected chi connectivity index (χ0v) is 12.7. The molecule has 0 unspecified atom stereocenters. The van der Waals surface area contributed by atoms with Gasteiger partial charge in [-0.1, -0.05) is 23.9 Å². The molecule has 6 heteroatoms. The molecule has 1 heterocycles. The van der Waals surface area contributed by atoms with Gasteiger partial charge in [0.25, 0.3) is 0 Å². The summed E-state index contributed by atoms with van der Waals surface area (Å²) in [6.07, 6.45) is 3.44. The first kappa shape index (κ1) is 15.4. The minimum atomic E-state index is -0.298. The number of nitrogens with zero attached hydrogens (tertiary/aromatic N) is 2. The number of amides is 1. The lowest BCUT2D eigenvalue weighted by Gasteiger charge is -2.11. The van der Waals surface area contributed by atoms with E-state index in [2.05, 4.69) is 15.3 Å². The molecule has 1 aromatic heterocycles. The highest BCUT2D eigenvalue weighted by atomic mass is 32.2. The Labute approximate surface area is 127 Å². The molecule has 0 bridgehead atoms. The zero-order chi connectivity index (χ0) is 15.2. The summed E-state index contributed by atoms with van der Waals surface area (Å²) in [6, 6.07) is 6.05. The second kappa shape index (κ2) is 7.17. The highest BCUT2D eigenvalue weighted by Gasteiger charge is 2.15. The number of aryl methyl sites for hydroxylation is 1. The minimum Gasteiger partial charge on any atom is -0.351 e. The molecule has 1 aromatic carbocycles. The van der Waals surface area contributed by atoms with Gasteiger partial charge in [-0.25, -0.2) is 14.4 Å². The number of hydrogen-bond donors (Lipinski definition) is 1. The van der Waals surface area contributed by atoms with Crippen LogP contribution in [0.4, 0.5) is 4.39 Å². The fourth-order valence-corrected chi connectivity index (χ4v) is 2.32. The predicted molar refractivity (Wildman–Crippen MR) is 80.3 cm³/mol. The van der Waals surface area contributed by atoms with Crippen LogP contribution in [0.5, 0.6) is 0 Å². The largest absolute Gasteiger partial charge is 0.351 e. The Kier molecular flexibility index (Phi) is 5.27. The SMILES string of the molecule is Cc1cnc(S[C@H](C)C(=O)NCc2ccc(F)cc2)nc1. The van der Waals surface area contributed by atoms with E-state index < -0.39 is 0 Å². The maximum Gasteiger partial charge on any atom is 0.233 e. The van der Waals surface area contributed by atoms with Gasteiger partial charge in [0.2, 0.25) is 5.91 Å². The summed E-state index contributed by atoms with van der Waals surface area (Å²) in [5, 5.41) is 3.09. The Hall–Kier alpha value is -1.95. The third-order valence-corrected chi connectivity index (χ3v) is 3.78. The maximum absolute atomic E-state index is 12.8. The van der Waals surface area contributed by atoms with Crippen LogP contribution >= 0.6 is 11.8 Å². The molecule has 0 saturated heterocycles. The third-order valence-electron chi connectivity index (χ3n) is 2.79. The van der Waals surface area contributed by atoms with Crippen LogP contribution in [-0.2, 0) is 11.3 Å². The number of nitrogens with one attached hydrogen (secondary N) is 1. The number of carbonyl (C=O) groups excluding carboxylic acids is 1. The molecule has 2 aromatic rings. The van der Waals surface area contributed by atoms with E-state index in [1.165, 1.54) is 23.9 Å². The molecule has 110 valence electrons. The number of benzene rings is 1. The standard InChI is InChI=1S/C15H16FN3OS/c1-10-7-18-15(19-8-10)21-11(2)14(20)17-9-12-3-5-13(16)6-4-12/h3-8,11H,9H2,1-2H3,(H,17,20)/t11-/m1/s1. The van der Waals surface area contributed by atoms with Crippen molar-refractivity contribution in [1.29, 1.82) is 0 Å². The molecule has 21 heavy (non-hydrogen) atoms. The van der Waals surface area contributed by atoms with Crippen molar-refractivity contribution in [1.82, 2.24) is 15.3 Å². The number of rotatable bonds is 5. The second-order valence-corrected chi connectivity index (χ2v) is 5.96. The predicted octanol–water partition coefficient (Wildman–Crippen LogP) is 2.72. The van der Waals surface area contributed by atoms with E-state index >= 15 is 0 Å². The van der Waals surface area contributed by atoms with Crippen molar-refractivity contribution in [2.24, 2.45) is 0 Å². The van der Waals surface area contributed by atoms with E-state index in [9.17, 15) is 9.18 Å². The van der Waals surface area contributed by atoms with Crippen molar-refractivity contribution in [3.8, 4) is 0 Å². The second-order valence-electron chi connectivity index (χ2n) is 4.65. The molecular formula is C15H16FN3OS. The molecule has 1 amide bonds. The normalized spacial score (nSPS) is 12.0. The summed E-state index contributed by atoms with van der Waals surface area (Å²) in [5.41, 5.74) is 1.83. The Bertz CT molecular complexity index is 601. The van der Waals surface area contributed by atoms with E-state index in [0.717, 1.165) is 11.1 Å². The van der Waals surface area contributed by atoms with Crippen LogP contribution in [0.3, 0.4) is 0 Å². The van der Waals surface area contributed by atoms with Gasteiger partial charge in [0, 0.05) is 18.9 Å². The van der Waals surface area contributed by atoms with Crippen molar-refractivity contribution < 1.29 is 9.18 Å². The molecule has 0 aliphatic carbocycles. The van der Waals surface area contributed by atoms with Crippen LogP contribution in [0, 0.1) is 12.7 Å². The lowest BCUT2D eigenvalue weighted by Crippen LogP contribution is -2.30. The third kappa shape index (κ3) is 4.82. The van der Waals surface area contributed by atoms with Gasteiger partial charge in [-0.05, 0) is 37.1 Å². The maximum atomic E-state index is 12.8. The van der Waals surface area contributed by atoms with Crippen molar-refractivity contribution in [3.05, 3.63) is 53.6 Å². The smallest absolute Gasteiger partial charge is 0.233 e. The topological polar surface area (TPSA) is 54.9 Å². The number of hydrogen-bond acceptors (Lipinski definition) is 4. The summed E-state index contributed by atoms with van der Waals surface area (Å²) in [7, 11) is 0.